The maximum Gasteiger partial charge on any atom is 0.235 e. The summed E-state index contributed by atoms with van der Waals surface area (Å²) in [4.78, 5) is 3.74. The van der Waals surface area contributed by atoms with E-state index in [9.17, 15) is 0 Å². The summed E-state index contributed by atoms with van der Waals surface area (Å²) in [5.41, 5.74) is 6.30. The lowest BCUT2D eigenvalue weighted by atomic mass is 10.3. The van der Waals surface area contributed by atoms with Crippen LogP contribution in [0.2, 0.25) is 0 Å². The molecule has 3 N–H and O–H groups in total. The zero-order chi connectivity index (χ0) is 7.72. The molecule has 1 aliphatic rings. The van der Waals surface area contributed by atoms with Gasteiger partial charge in [0.05, 0.1) is 22.9 Å². The second-order valence-electron chi connectivity index (χ2n) is 2.02. The van der Waals surface area contributed by atoms with E-state index in [2.05, 4.69) is 4.99 Å². The van der Waals surface area contributed by atoms with Crippen molar-refractivity contribution in [1.82, 2.24) is 3.11 Å². The summed E-state index contributed by atoms with van der Waals surface area (Å²) in [6.07, 6.45) is 0.914. The van der Waals surface area contributed by atoms with Crippen LogP contribution in [0.1, 0.15) is 6.92 Å². The maximum absolute atomic E-state index is 9.07. The molecule has 0 fully saturated rings. The second-order valence-corrected chi connectivity index (χ2v) is 3.13. The van der Waals surface area contributed by atoms with Crippen molar-refractivity contribution < 1.29 is 5.11 Å². The van der Waals surface area contributed by atoms with Crippen LogP contribution in [0.3, 0.4) is 0 Å². The highest BCUT2D eigenvalue weighted by molar-refractivity contribution is 14.1. The van der Waals surface area contributed by atoms with Crippen LogP contribution < -0.4 is 5.73 Å². The zero-order valence-electron chi connectivity index (χ0n) is 5.45. The fraction of sp³-hybridized carbons (Fsp3) is 0.400. The number of aliphatic hydroxyl groups excluding tert-OH is 1. The number of amidine groups is 1. The van der Waals surface area contributed by atoms with Crippen molar-refractivity contribution in [2.24, 2.45) is 10.7 Å². The summed E-state index contributed by atoms with van der Waals surface area (Å²) >= 11 is 1.95. The molecule has 0 aliphatic carbocycles. The van der Waals surface area contributed by atoms with E-state index < -0.39 is 6.35 Å². The van der Waals surface area contributed by atoms with E-state index >= 15 is 0 Å². The van der Waals surface area contributed by atoms with Gasteiger partial charge < -0.3 is 10.8 Å². The molecule has 0 aromatic carbocycles. The predicted molar refractivity (Wildman–Crippen MR) is 47.2 cm³/mol. The van der Waals surface area contributed by atoms with Gasteiger partial charge in [-0.15, -0.1) is 0 Å². The predicted octanol–water partition coefficient (Wildman–Crippen LogP) is 0.189. The third-order valence-corrected chi connectivity index (χ3v) is 1.97. The molecule has 1 rings (SSSR count). The smallest absolute Gasteiger partial charge is 0.235 e. The largest absolute Gasteiger partial charge is 0.384 e. The third-order valence-electron chi connectivity index (χ3n) is 1.20. The van der Waals surface area contributed by atoms with E-state index in [0.29, 0.717) is 5.84 Å². The molecule has 1 aliphatic heterocycles. The van der Waals surface area contributed by atoms with E-state index in [1.807, 2.05) is 29.8 Å². The number of aliphatic hydroxyl groups is 1. The van der Waals surface area contributed by atoms with Crippen LogP contribution in [0.25, 0.3) is 0 Å². The van der Waals surface area contributed by atoms with Gasteiger partial charge in [0.1, 0.15) is 5.84 Å². The second kappa shape index (κ2) is 2.75. The highest BCUT2D eigenvalue weighted by atomic mass is 127. The number of hydrogen-bond donors (Lipinski definition) is 2. The Bertz CT molecular complexity index is 179. The Labute approximate surface area is 72.9 Å². The van der Waals surface area contributed by atoms with E-state index in [-0.39, 0.29) is 0 Å². The van der Waals surface area contributed by atoms with Gasteiger partial charge in [0.15, 0.2) is 0 Å². The van der Waals surface area contributed by atoms with E-state index in [0.717, 1.165) is 5.57 Å². The highest BCUT2D eigenvalue weighted by Gasteiger charge is 2.14. The van der Waals surface area contributed by atoms with Gasteiger partial charge in [-0.2, -0.15) is 0 Å². The monoisotopic (exact) mass is 253 g/mol. The van der Waals surface area contributed by atoms with Crippen molar-refractivity contribution in [1.29, 1.82) is 0 Å². The summed E-state index contributed by atoms with van der Waals surface area (Å²) < 4.78 is 1.56. The Hall–Kier alpha value is -0.300. The lowest BCUT2D eigenvalue weighted by Gasteiger charge is -2.21. The fourth-order valence-electron chi connectivity index (χ4n) is 0.599. The van der Waals surface area contributed by atoms with E-state index in [4.69, 9.17) is 10.8 Å². The number of nitrogens with two attached hydrogens (primary N) is 1. The average Bonchev–Trinajstić information content (AvgIpc) is 1.84. The van der Waals surface area contributed by atoms with Gasteiger partial charge in [0.25, 0.3) is 0 Å². The molecule has 0 spiro atoms. The van der Waals surface area contributed by atoms with Gasteiger partial charge in [-0.3, -0.25) is 3.11 Å². The zero-order valence-corrected chi connectivity index (χ0v) is 7.61. The first-order chi connectivity index (χ1) is 4.61. The Morgan fingerprint density at radius 3 is 3.00 bits per heavy atom. The third kappa shape index (κ3) is 1.40. The van der Waals surface area contributed by atoms with Crippen molar-refractivity contribution in [2.75, 3.05) is 0 Å². The number of rotatable bonds is 0. The molecular formula is C5H8IN3O. The summed E-state index contributed by atoms with van der Waals surface area (Å²) in [7, 11) is 0. The molecule has 0 aromatic rings. The quantitative estimate of drug-likeness (QED) is 0.478. The van der Waals surface area contributed by atoms with Crippen LogP contribution in [0.4, 0.5) is 0 Å². The number of hydrogen-bond acceptors (Lipinski definition) is 4. The Morgan fingerprint density at radius 2 is 2.50 bits per heavy atom. The molecule has 0 amide bonds. The molecule has 0 saturated heterocycles. The molecule has 10 heavy (non-hydrogen) atoms. The van der Waals surface area contributed by atoms with Gasteiger partial charge in [-0.05, 0) is 6.92 Å². The lowest BCUT2D eigenvalue weighted by molar-refractivity contribution is 0.114. The van der Waals surface area contributed by atoms with Gasteiger partial charge >= 0.3 is 0 Å². The summed E-state index contributed by atoms with van der Waals surface area (Å²) in [6.45, 7) is 1.84. The normalized spacial score (nSPS) is 25.9. The topological polar surface area (TPSA) is 61.8 Å². The minimum absolute atomic E-state index is 0.403. The fourth-order valence-corrected chi connectivity index (χ4v) is 1.14. The molecule has 1 unspecified atom stereocenters. The summed E-state index contributed by atoms with van der Waals surface area (Å²) in [5.74, 6) is 0.403. The number of aliphatic imine (C=N–C) groups is 1. The Morgan fingerprint density at radius 1 is 1.90 bits per heavy atom. The van der Waals surface area contributed by atoms with Gasteiger partial charge in [-0.1, -0.05) is 0 Å². The van der Waals surface area contributed by atoms with Crippen LogP contribution >= 0.6 is 22.9 Å². The van der Waals surface area contributed by atoms with E-state index in [1.165, 1.54) is 0 Å². The lowest BCUT2D eigenvalue weighted by Crippen LogP contribution is -2.30. The summed E-state index contributed by atoms with van der Waals surface area (Å²) in [5, 5.41) is 9.07. The van der Waals surface area contributed by atoms with Crippen molar-refractivity contribution >= 4 is 28.7 Å². The van der Waals surface area contributed by atoms with Crippen LogP contribution in [0.5, 0.6) is 0 Å². The first-order valence-corrected chi connectivity index (χ1v) is 3.72. The molecular weight excluding hydrogens is 245 g/mol. The van der Waals surface area contributed by atoms with Crippen molar-refractivity contribution in [2.45, 2.75) is 13.3 Å². The molecule has 0 aromatic heterocycles. The van der Waals surface area contributed by atoms with Gasteiger partial charge in [-0.25, -0.2) is 4.99 Å². The van der Waals surface area contributed by atoms with Crippen LogP contribution in [-0.2, 0) is 0 Å². The van der Waals surface area contributed by atoms with Gasteiger partial charge in [0.2, 0.25) is 6.35 Å². The van der Waals surface area contributed by atoms with Crippen molar-refractivity contribution in [3.63, 3.8) is 0 Å². The maximum atomic E-state index is 9.07. The first kappa shape index (κ1) is 7.80. The van der Waals surface area contributed by atoms with Gasteiger partial charge in [0, 0.05) is 11.8 Å². The standard InChI is InChI=1S/C5H8IN3O/c1-3-2-9(6)5(10)8-4(3)7/h2,5,10H,1H3,(H2,7,8). The van der Waals surface area contributed by atoms with Crippen molar-refractivity contribution in [3.05, 3.63) is 11.8 Å². The molecule has 1 atom stereocenters. The number of nitrogens with zero attached hydrogens (tertiary/aromatic N) is 2. The molecule has 1 heterocycles. The summed E-state index contributed by atoms with van der Waals surface area (Å²) in [6, 6.07) is 0. The molecule has 5 heteroatoms. The first-order valence-electron chi connectivity index (χ1n) is 2.75. The van der Waals surface area contributed by atoms with E-state index in [1.54, 1.807) is 9.31 Å². The number of halogens is 1. The van der Waals surface area contributed by atoms with Crippen LogP contribution in [0.15, 0.2) is 16.8 Å². The minimum atomic E-state index is -0.829. The highest BCUT2D eigenvalue weighted by Crippen LogP contribution is 2.14. The molecule has 0 saturated carbocycles. The Kier molecular flexibility index (Phi) is 2.14. The van der Waals surface area contributed by atoms with Crippen LogP contribution in [-0.4, -0.2) is 20.4 Å². The Balaban J connectivity index is 2.83. The molecule has 4 nitrogen and oxygen atoms in total. The van der Waals surface area contributed by atoms with Crippen LogP contribution in [0, 0.1) is 0 Å². The molecule has 0 bridgehead atoms. The molecule has 56 valence electrons. The minimum Gasteiger partial charge on any atom is -0.384 e. The average molecular weight is 253 g/mol. The van der Waals surface area contributed by atoms with Crippen molar-refractivity contribution in [3.8, 4) is 0 Å². The SMILES string of the molecule is CC1=CN(I)C(O)N=C1N. The molecule has 0 radical (unpaired) electrons.